The minimum absolute atomic E-state index is 0.186. The molecule has 0 bridgehead atoms. The second kappa shape index (κ2) is 3.62. The third kappa shape index (κ3) is 1.40. The van der Waals surface area contributed by atoms with Crippen LogP contribution in [0.4, 0.5) is 0 Å². The fourth-order valence-corrected chi connectivity index (χ4v) is 2.16. The summed E-state index contributed by atoms with van der Waals surface area (Å²) in [6.45, 7) is 4.93. The standard InChI is InChI=1S/C12H17NO/c1-3-14-11-6-4-5-9-10(11)7-8(2)12(9)13/h4-6,8,12H,3,7,13H2,1-2H3. The zero-order valence-corrected chi connectivity index (χ0v) is 8.79. The fraction of sp³-hybridized carbons (Fsp3) is 0.500. The Kier molecular flexibility index (Phi) is 2.46. The van der Waals surface area contributed by atoms with Gasteiger partial charge in [0.2, 0.25) is 0 Å². The Morgan fingerprint density at radius 2 is 2.29 bits per heavy atom. The van der Waals surface area contributed by atoms with E-state index in [1.165, 1.54) is 11.1 Å². The van der Waals surface area contributed by atoms with Crippen molar-refractivity contribution in [3.63, 3.8) is 0 Å². The zero-order chi connectivity index (χ0) is 10.1. The molecule has 2 nitrogen and oxygen atoms in total. The maximum atomic E-state index is 6.10. The molecule has 2 heteroatoms. The number of rotatable bonds is 2. The number of nitrogens with two attached hydrogens (primary N) is 1. The van der Waals surface area contributed by atoms with Crippen molar-refractivity contribution >= 4 is 0 Å². The van der Waals surface area contributed by atoms with Gasteiger partial charge in [-0.2, -0.15) is 0 Å². The predicted molar refractivity (Wildman–Crippen MR) is 57.4 cm³/mol. The molecule has 76 valence electrons. The second-order valence-corrected chi connectivity index (χ2v) is 3.96. The molecule has 0 radical (unpaired) electrons. The molecule has 0 aliphatic heterocycles. The summed E-state index contributed by atoms with van der Waals surface area (Å²) in [4.78, 5) is 0. The first-order valence-electron chi connectivity index (χ1n) is 5.24. The molecule has 2 N–H and O–H groups in total. The summed E-state index contributed by atoms with van der Waals surface area (Å²) in [6.07, 6.45) is 1.05. The van der Waals surface area contributed by atoms with E-state index in [9.17, 15) is 0 Å². The third-order valence-corrected chi connectivity index (χ3v) is 2.97. The molecule has 0 saturated heterocycles. The number of benzene rings is 1. The summed E-state index contributed by atoms with van der Waals surface area (Å²) in [5.74, 6) is 1.55. The third-order valence-electron chi connectivity index (χ3n) is 2.97. The van der Waals surface area contributed by atoms with Gasteiger partial charge in [-0.1, -0.05) is 19.1 Å². The first kappa shape index (κ1) is 9.53. The van der Waals surface area contributed by atoms with Gasteiger partial charge >= 0.3 is 0 Å². The number of hydrogen-bond donors (Lipinski definition) is 1. The van der Waals surface area contributed by atoms with Crippen molar-refractivity contribution in [2.45, 2.75) is 26.3 Å². The van der Waals surface area contributed by atoms with Gasteiger partial charge in [0, 0.05) is 6.04 Å². The lowest BCUT2D eigenvalue weighted by atomic mass is 10.0. The van der Waals surface area contributed by atoms with Gasteiger partial charge in [-0.25, -0.2) is 0 Å². The Bertz CT molecular complexity index is 335. The van der Waals surface area contributed by atoms with Crippen LogP contribution in [0.1, 0.15) is 31.0 Å². The maximum absolute atomic E-state index is 6.10. The lowest BCUT2D eigenvalue weighted by molar-refractivity contribution is 0.336. The fourth-order valence-electron chi connectivity index (χ4n) is 2.16. The van der Waals surface area contributed by atoms with Crippen molar-refractivity contribution < 1.29 is 4.74 Å². The first-order chi connectivity index (χ1) is 6.74. The smallest absolute Gasteiger partial charge is 0.122 e. The lowest BCUT2D eigenvalue weighted by Gasteiger charge is -2.10. The van der Waals surface area contributed by atoms with Gasteiger partial charge < -0.3 is 10.5 Å². The molecule has 1 aromatic rings. The zero-order valence-electron chi connectivity index (χ0n) is 8.79. The number of fused-ring (bicyclic) bond motifs is 1. The minimum atomic E-state index is 0.186. The van der Waals surface area contributed by atoms with E-state index in [1.54, 1.807) is 0 Å². The first-order valence-corrected chi connectivity index (χ1v) is 5.24. The highest BCUT2D eigenvalue weighted by atomic mass is 16.5. The highest BCUT2D eigenvalue weighted by molar-refractivity contribution is 5.45. The molecule has 2 unspecified atom stereocenters. The van der Waals surface area contributed by atoms with E-state index in [0.29, 0.717) is 5.92 Å². The van der Waals surface area contributed by atoms with Crippen molar-refractivity contribution in [2.75, 3.05) is 6.61 Å². The molecule has 2 atom stereocenters. The van der Waals surface area contributed by atoms with Crippen molar-refractivity contribution in [3.8, 4) is 5.75 Å². The van der Waals surface area contributed by atoms with Gasteiger partial charge in [0.25, 0.3) is 0 Å². The predicted octanol–water partition coefficient (Wildman–Crippen LogP) is 2.28. The Labute approximate surface area is 85.1 Å². The van der Waals surface area contributed by atoms with Crippen LogP contribution < -0.4 is 10.5 Å². The molecular formula is C12H17NO. The van der Waals surface area contributed by atoms with Crippen LogP contribution in [-0.4, -0.2) is 6.61 Å². The van der Waals surface area contributed by atoms with E-state index >= 15 is 0 Å². The molecule has 0 amide bonds. The van der Waals surface area contributed by atoms with Crippen LogP contribution in [-0.2, 0) is 6.42 Å². The van der Waals surface area contributed by atoms with Gasteiger partial charge in [-0.3, -0.25) is 0 Å². The van der Waals surface area contributed by atoms with Gasteiger partial charge in [-0.15, -0.1) is 0 Å². The van der Waals surface area contributed by atoms with E-state index in [2.05, 4.69) is 13.0 Å². The maximum Gasteiger partial charge on any atom is 0.122 e. The quantitative estimate of drug-likeness (QED) is 0.778. The molecule has 1 aromatic carbocycles. The molecule has 1 aliphatic carbocycles. The molecule has 0 spiro atoms. The molecule has 1 aliphatic rings. The van der Waals surface area contributed by atoms with Crippen LogP contribution in [0.5, 0.6) is 5.75 Å². The van der Waals surface area contributed by atoms with Crippen LogP contribution in [0.2, 0.25) is 0 Å². The highest BCUT2D eigenvalue weighted by Crippen LogP contribution is 2.38. The average molecular weight is 191 g/mol. The van der Waals surface area contributed by atoms with E-state index in [0.717, 1.165) is 18.8 Å². The molecule has 0 saturated carbocycles. The van der Waals surface area contributed by atoms with Crippen molar-refractivity contribution in [3.05, 3.63) is 29.3 Å². The van der Waals surface area contributed by atoms with E-state index in [4.69, 9.17) is 10.5 Å². The van der Waals surface area contributed by atoms with Crippen LogP contribution in [0.15, 0.2) is 18.2 Å². The van der Waals surface area contributed by atoms with Crippen LogP contribution in [0.25, 0.3) is 0 Å². The Balaban J connectivity index is 2.40. The van der Waals surface area contributed by atoms with Crippen LogP contribution in [0, 0.1) is 5.92 Å². The SMILES string of the molecule is CCOc1cccc2c1CC(C)C2N. The summed E-state index contributed by atoms with van der Waals surface area (Å²) in [5.41, 5.74) is 8.68. The van der Waals surface area contributed by atoms with Crippen LogP contribution in [0.3, 0.4) is 0 Å². The monoisotopic (exact) mass is 191 g/mol. The minimum Gasteiger partial charge on any atom is -0.494 e. The summed E-state index contributed by atoms with van der Waals surface area (Å²) in [5, 5.41) is 0. The van der Waals surface area contributed by atoms with Crippen LogP contribution >= 0.6 is 0 Å². The lowest BCUT2D eigenvalue weighted by Crippen LogP contribution is -2.13. The molecule has 14 heavy (non-hydrogen) atoms. The van der Waals surface area contributed by atoms with Crippen molar-refractivity contribution in [1.82, 2.24) is 0 Å². The summed E-state index contributed by atoms with van der Waals surface area (Å²) in [6, 6.07) is 6.37. The van der Waals surface area contributed by atoms with Crippen molar-refractivity contribution in [2.24, 2.45) is 11.7 Å². The average Bonchev–Trinajstić information content (AvgIpc) is 2.46. The number of hydrogen-bond acceptors (Lipinski definition) is 2. The van der Waals surface area contributed by atoms with Gasteiger partial charge in [0.15, 0.2) is 0 Å². The second-order valence-electron chi connectivity index (χ2n) is 3.96. The van der Waals surface area contributed by atoms with Gasteiger partial charge in [0.05, 0.1) is 6.61 Å². The topological polar surface area (TPSA) is 35.2 Å². The normalized spacial score (nSPS) is 24.8. The summed E-state index contributed by atoms with van der Waals surface area (Å²) >= 11 is 0. The molecule has 0 heterocycles. The molecule has 0 aromatic heterocycles. The van der Waals surface area contributed by atoms with E-state index < -0.39 is 0 Å². The Hall–Kier alpha value is -1.02. The Morgan fingerprint density at radius 3 is 3.00 bits per heavy atom. The highest BCUT2D eigenvalue weighted by Gasteiger charge is 2.28. The number of ether oxygens (including phenoxy) is 1. The summed E-state index contributed by atoms with van der Waals surface area (Å²) < 4.78 is 5.59. The van der Waals surface area contributed by atoms with E-state index in [-0.39, 0.29) is 6.04 Å². The largest absolute Gasteiger partial charge is 0.494 e. The summed E-state index contributed by atoms with van der Waals surface area (Å²) in [7, 11) is 0. The van der Waals surface area contributed by atoms with E-state index in [1.807, 2.05) is 19.1 Å². The Morgan fingerprint density at radius 1 is 1.50 bits per heavy atom. The van der Waals surface area contributed by atoms with Gasteiger partial charge in [0.1, 0.15) is 5.75 Å². The molecular weight excluding hydrogens is 174 g/mol. The molecule has 0 fully saturated rings. The molecule has 2 rings (SSSR count). The van der Waals surface area contributed by atoms with Gasteiger partial charge in [-0.05, 0) is 36.5 Å². The van der Waals surface area contributed by atoms with Crippen molar-refractivity contribution in [1.29, 1.82) is 0 Å².